The first kappa shape index (κ1) is 15.2. The van der Waals surface area contributed by atoms with Gasteiger partial charge in [0.05, 0.1) is 5.02 Å². The molecule has 1 aliphatic heterocycles. The van der Waals surface area contributed by atoms with Gasteiger partial charge in [0.15, 0.2) is 0 Å². The van der Waals surface area contributed by atoms with Crippen molar-refractivity contribution in [2.75, 3.05) is 26.2 Å². The van der Waals surface area contributed by atoms with Gasteiger partial charge >= 0.3 is 0 Å². The number of benzene rings is 1. The van der Waals surface area contributed by atoms with E-state index in [0.717, 1.165) is 19.5 Å². The zero-order chi connectivity index (χ0) is 12.3. The van der Waals surface area contributed by atoms with Crippen molar-refractivity contribution in [3.8, 4) is 0 Å². The fourth-order valence-corrected chi connectivity index (χ4v) is 1.98. The molecule has 1 heterocycles. The Hall–Kier alpha value is -0.840. The topological polar surface area (TPSA) is 32.3 Å². The van der Waals surface area contributed by atoms with Crippen LogP contribution in [0.4, 0.5) is 4.39 Å². The summed E-state index contributed by atoms with van der Waals surface area (Å²) in [5.74, 6) is -0.685. The van der Waals surface area contributed by atoms with Crippen molar-refractivity contribution in [1.82, 2.24) is 10.2 Å². The Morgan fingerprint density at radius 1 is 1.33 bits per heavy atom. The van der Waals surface area contributed by atoms with Gasteiger partial charge in [-0.25, -0.2) is 4.39 Å². The SMILES string of the molecule is Cl.O=C(c1ccc(Cl)c(F)c1)N1CCCNCC1. The highest BCUT2D eigenvalue weighted by Crippen LogP contribution is 2.17. The van der Waals surface area contributed by atoms with Crippen LogP contribution in [-0.4, -0.2) is 37.0 Å². The van der Waals surface area contributed by atoms with Crippen LogP contribution >= 0.6 is 24.0 Å². The van der Waals surface area contributed by atoms with Gasteiger partial charge in [0.2, 0.25) is 0 Å². The van der Waals surface area contributed by atoms with E-state index in [1.165, 1.54) is 12.1 Å². The summed E-state index contributed by atoms with van der Waals surface area (Å²) in [6, 6.07) is 4.18. The first-order valence-electron chi connectivity index (χ1n) is 5.63. The van der Waals surface area contributed by atoms with Crippen molar-refractivity contribution in [2.45, 2.75) is 6.42 Å². The number of nitrogens with one attached hydrogen (secondary N) is 1. The summed E-state index contributed by atoms with van der Waals surface area (Å²) in [6.45, 7) is 3.06. The Balaban J connectivity index is 0.00000162. The summed E-state index contributed by atoms with van der Waals surface area (Å²) in [7, 11) is 0. The highest BCUT2D eigenvalue weighted by atomic mass is 35.5. The minimum atomic E-state index is -0.550. The van der Waals surface area contributed by atoms with Crippen molar-refractivity contribution in [2.24, 2.45) is 0 Å². The van der Waals surface area contributed by atoms with Gasteiger partial charge in [-0.05, 0) is 31.2 Å². The van der Waals surface area contributed by atoms with Crippen LogP contribution in [0, 0.1) is 5.82 Å². The highest BCUT2D eigenvalue weighted by Gasteiger charge is 2.17. The lowest BCUT2D eigenvalue weighted by Crippen LogP contribution is -2.34. The number of carbonyl (C=O) groups excluding carboxylic acids is 1. The zero-order valence-corrected chi connectivity index (χ0v) is 11.4. The molecule has 100 valence electrons. The standard InChI is InChI=1S/C12H14ClFN2O.ClH/c13-10-3-2-9(8-11(10)14)12(17)16-6-1-4-15-5-7-16;/h2-3,8,15H,1,4-7H2;1H. The molecule has 0 spiro atoms. The molecule has 1 N–H and O–H groups in total. The third-order valence-corrected chi connectivity index (χ3v) is 3.10. The molecule has 1 aromatic carbocycles. The van der Waals surface area contributed by atoms with E-state index in [1.807, 2.05) is 0 Å². The quantitative estimate of drug-likeness (QED) is 0.862. The summed E-state index contributed by atoms with van der Waals surface area (Å²) >= 11 is 5.59. The zero-order valence-electron chi connectivity index (χ0n) is 9.79. The van der Waals surface area contributed by atoms with Crippen molar-refractivity contribution in [3.63, 3.8) is 0 Å². The molecule has 1 aromatic rings. The Bertz CT molecular complexity index is 421. The predicted octanol–water partition coefficient (Wildman–Crippen LogP) is 2.34. The minimum Gasteiger partial charge on any atom is -0.337 e. The number of nitrogens with zero attached hydrogens (tertiary/aromatic N) is 1. The first-order chi connectivity index (χ1) is 8.18. The number of rotatable bonds is 1. The summed E-state index contributed by atoms with van der Waals surface area (Å²) in [5, 5.41) is 3.26. The van der Waals surface area contributed by atoms with Gasteiger partial charge in [-0.1, -0.05) is 11.6 Å². The van der Waals surface area contributed by atoms with Crippen LogP contribution in [0.2, 0.25) is 5.02 Å². The van der Waals surface area contributed by atoms with Crippen molar-refractivity contribution >= 4 is 29.9 Å². The number of carbonyl (C=O) groups is 1. The molecule has 0 radical (unpaired) electrons. The van der Waals surface area contributed by atoms with Crippen molar-refractivity contribution in [3.05, 3.63) is 34.6 Å². The molecule has 2 rings (SSSR count). The number of hydrogen-bond acceptors (Lipinski definition) is 2. The number of halogens is 3. The molecule has 0 atom stereocenters. The summed E-state index contributed by atoms with van der Waals surface area (Å²) in [6.07, 6.45) is 0.918. The third-order valence-electron chi connectivity index (χ3n) is 2.79. The van der Waals surface area contributed by atoms with Crippen LogP contribution < -0.4 is 5.32 Å². The maximum absolute atomic E-state index is 13.3. The molecule has 0 saturated carbocycles. The molecule has 3 nitrogen and oxygen atoms in total. The van der Waals surface area contributed by atoms with Crippen LogP contribution in [0.15, 0.2) is 18.2 Å². The highest BCUT2D eigenvalue weighted by molar-refractivity contribution is 6.30. The fourth-order valence-electron chi connectivity index (χ4n) is 1.86. The number of hydrogen-bond donors (Lipinski definition) is 1. The fraction of sp³-hybridized carbons (Fsp3) is 0.417. The molecular formula is C12H15Cl2FN2O. The van der Waals surface area contributed by atoms with Crippen LogP contribution in [0.1, 0.15) is 16.8 Å². The molecule has 1 saturated heterocycles. The van der Waals surface area contributed by atoms with E-state index < -0.39 is 5.82 Å². The Labute approximate surface area is 117 Å². The molecule has 6 heteroatoms. The maximum Gasteiger partial charge on any atom is 0.254 e. The van der Waals surface area contributed by atoms with Gasteiger partial charge in [0.1, 0.15) is 5.82 Å². The maximum atomic E-state index is 13.3. The Morgan fingerprint density at radius 3 is 2.83 bits per heavy atom. The predicted molar refractivity (Wildman–Crippen MR) is 72.0 cm³/mol. The second-order valence-corrected chi connectivity index (χ2v) is 4.43. The molecular weight excluding hydrogens is 278 g/mol. The van der Waals surface area contributed by atoms with E-state index in [1.54, 1.807) is 11.0 Å². The average molecular weight is 293 g/mol. The summed E-state index contributed by atoms with van der Waals surface area (Å²) in [5.41, 5.74) is 0.355. The van der Waals surface area contributed by atoms with E-state index in [-0.39, 0.29) is 23.3 Å². The monoisotopic (exact) mass is 292 g/mol. The first-order valence-corrected chi connectivity index (χ1v) is 6.01. The molecule has 18 heavy (non-hydrogen) atoms. The lowest BCUT2D eigenvalue weighted by molar-refractivity contribution is 0.0766. The smallest absolute Gasteiger partial charge is 0.254 e. The van der Waals surface area contributed by atoms with Gasteiger partial charge in [0.25, 0.3) is 5.91 Å². The van der Waals surface area contributed by atoms with Crippen molar-refractivity contribution < 1.29 is 9.18 Å². The molecule has 0 bridgehead atoms. The Morgan fingerprint density at radius 2 is 2.11 bits per heavy atom. The molecule has 1 fully saturated rings. The van der Waals surface area contributed by atoms with Gasteiger partial charge in [0, 0.05) is 25.2 Å². The second kappa shape index (κ2) is 6.92. The lowest BCUT2D eigenvalue weighted by Gasteiger charge is -2.20. The van der Waals surface area contributed by atoms with Crippen LogP contribution in [0.5, 0.6) is 0 Å². The summed E-state index contributed by atoms with van der Waals surface area (Å²) < 4.78 is 13.3. The van der Waals surface area contributed by atoms with E-state index in [2.05, 4.69) is 5.32 Å². The van der Waals surface area contributed by atoms with E-state index in [4.69, 9.17) is 11.6 Å². The number of amides is 1. The van der Waals surface area contributed by atoms with Gasteiger partial charge < -0.3 is 10.2 Å². The molecule has 1 aliphatic rings. The molecule has 0 unspecified atom stereocenters. The lowest BCUT2D eigenvalue weighted by atomic mass is 10.2. The molecule has 0 aliphatic carbocycles. The Kier molecular flexibility index (Phi) is 5.85. The normalized spacial score (nSPS) is 15.8. The van der Waals surface area contributed by atoms with Gasteiger partial charge in [-0.3, -0.25) is 4.79 Å². The van der Waals surface area contributed by atoms with E-state index >= 15 is 0 Å². The minimum absolute atomic E-state index is 0. The second-order valence-electron chi connectivity index (χ2n) is 4.02. The third kappa shape index (κ3) is 3.57. The van der Waals surface area contributed by atoms with Crippen LogP contribution in [0.3, 0.4) is 0 Å². The largest absolute Gasteiger partial charge is 0.337 e. The van der Waals surface area contributed by atoms with Crippen LogP contribution in [0.25, 0.3) is 0 Å². The summed E-state index contributed by atoms with van der Waals surface area (Å²) in [4.78, 5) is 13.8. The average Bonchev–Trinajstić information content (AvgIpc) is 2.60. The molecule has 1 amide bonds. The van der Waals surface area contributed by atoms with Crippen molar-refractivity contribution in [1.29, 1.82) is 0 Å². The van der Waals surface area contributed by atoms with Crippen LogP contribution in [-0.2, 0) is 0 Å². The van der Waals surface area contributed by atoms with E-state index in [9.17, 15) is 9.18 Å². The van der Waals surface area contributed by atoms with E-state index in [0.29, 0.717) is 18.7 Å². The van der Waals surface area contributed by atoms with Gasteiger partial charge in [-0.2, -0.15) is 0 Å². The van der Waals surface area contributed by atoms with Gasteiger partial charge in [-0.15, -0.1) is 12.4 Å². The molecule has 0 aromatic heterocycles.